The molecule has 108 valence electrons. The molecule has 1 saturated carbocycles. The first-order valence-electron chi connectivity index (χ1n) is 7.77. The molecule has 0 N–H and O–H groups in total. The van der Waals surface area contributed by atoms with Gasteiger partial charge in [-0.1, -0.05) is 61.1 Å². The second-order valence-electron chi connectivity index (χ2n) is 6.74. The van der Waals surface area contributed by atoms with Crippen molar-refractivity contribution < 1.29 is 4.43 Å². The monoisotopic (exact) mass is 382 g/mol. The van der Waals surface area contributed by atoms with Gasteiger partial charge in [-0.25, -0.2) is 0 Å². The maximum absolute atomic E-state index is 5.86. The molecule has 0 bridgehead atoms. The zero-order valence-electron chi connectivity index (χ0n) is 12.5. The second kappa shape index (κ2) is 8.96. The molecule has 1 aliphatic rings. The van der Waals surface area contributed by atoms with Gasteiger partial charge in [-0.05, 0) is 44.8 Å². The Hall–Kier alpha value is 0.907. The van der Waals surface area contributed by atoms with Gasteiger partial charge >= 0.3 is 0 Å². The van der Waals surface area contributed by atoms with Crippen molar-refractivity contribution in [2.24, 2.45) is 5.92 Å². The summed E-state index contributed by atoms with van der Waals surface area (Å²) in [6.45, 7) is 7.81. The van der Waals surface area contributed by atoms with Crippen LogP contribution in [0.4, 0.5) is 0 Å². The maximum Gasteiger partial charge on any atom is 0.183 e. The Morgan fingerprint density at radius 2 is 1.44 bits per heavy atom. The van der Waals surface area contributed by atoms with E-state index in [1.165, 1.54) is 57.8 Å². The quantitative estimate of drug-likeness (QED) is 0.190. The molecule has 0 amide bonds. The van der Waals surface area contributed by atoms with Crippen LogP contribution in [0.5, 0.6) is 0 Å². The first-order chi connectivity index (χ1) is 8.49. The smallest absolute Gasteiger partial charge is 0.183 e. The number of hydrogen-bond donors (Lipinski definition) is 0. The lowest BCUT2D eigenvalue weighted by atomic mass is 10.1. The molecular weight excluding hydrogens is 351 g/mol. The summed E-state index contributed by atoms with van der Waals surface area (Å²) in [6.07, 6.45) is 12.9. The summed E-state index contributed by atoms with van der Waals surface area (Å²) in [6, 6.07) is 0. The molecule has 3 heteroatoms. The molecule has 0 unspecified atom stereocenters. The van der Waals surface area contributed by atoms with E-state index >= 15 is 0 Å². The fourth-order valence-electron chi connectivity index (χ4n) is 2.28. The highest BCUT2D eigenvalue weighted by Crippen LogP contribution is 2.41. The minimum atomic E-state index is -1.25. The first kappa shape index (κ1) is 17.0. The van der Waals surface area contributed by atoms with Crippen molar-refractivity contribution in [3.63, 3.8) is 0 Å². The normalized spacial score (nSPS) is 23.3. The summed E-state index contributed by atoms with van der Waals surface area (Å²) in [7, 11) is -1.25. The number of rotatable bonds is 11. The Balaban J connectivity index is 1.71. The lowest BCUT2D eigenvalue weighted by Crippen LogP contribution is -2.25. The minimum Gasteiger partial charge on any atom is -0.418 e. The van der Waals surface area contributed by atoms with Crippen LogP contribution in [-0.4, -0.2) is 18.8 Å². The first-order valence-corrected chi connectivity index (χ1v) is 12.4. The van der Waals surface area contributed by atoms with Gasteiger partial charge in [0.2, 0.25) is 0 Å². The predicted molar refractivity (Wildman–Crippen MR) is 92.1 cm³/mol. The fraction of sp³-hybridized carbons (Fsp3) is 1.00. The second-order valence-corrected chi connectivity index (χ2v) is 12.8. The molecule has 0 aromatic rings. The van der Waals surface area contributed by atoms with Crippen molar-refractivity contribution in [1.29, 1.82) is 0 Å². The largest absolute Gasteiger partial charge is 0.418 e. The van der Waals surface area contributed by atoms with Crippen molar-refractivity contribution in [2.75, 3.05) is 6.61 Å². The number of alkyl halides is 1. The van der Waals surface area contributed by atoms with Crippen molar-refractivity contribution >= 4 is 30.9 Å². The molecule has 0 aromatic carbocycles. The zero-order valence-corrected chi connectivity index (χ0v) is 15.7. The van der Waals surface area contributed by atoms with Crippen LogP contribution in [0, 0.1) is 5.92 Å². The van der Waals surface area contributed by atoms with Crippen LogP contribution < -0.4 is 0 Å². The minimum absolute atomic E-state index is 0.994. The van der Waals surface area contributed by atoms with Crippen molar-refractivity contribution in [1.82, 2.24) is 0 Å². The molecule has 0 spiro atoms. The molecule has 2 atom stereocenters. The van der Waals surface area contributed by atoms with Crippen LogP contribution >= 0.6 is 22.6 Å². The molecular formula is C15H31IOSi. The van der Waals surface area contributed by atoms with Crippen LogP contribution in [0.3, 0.4) is 0 Å². The fourth-order valence-corrected chi connectivity index (χ4v) is 4.05. The van der Waals surface area contributed by atoms with E-state index in [0.29, 0.717) is 0 Å². The Kier molecular flexibility index (Phi) is 8.44. The van der Waals surface area contributed by atoms with E-state index in [0.717, 1.165) is 16.4 Å². The average Bonchev–Trinajstić information content (AvgIpc) is 2.96. The molecule has 1 nitrogen and oxygen atoms in total. The molecule has 0 heterocycles. The van der Waals surface area contributed by atoms with Gasteiger partial charge in [-0.3, -0.25) is 0 Å². The Bertz CT molecular complexity index is 215. The van der Waals surface area contributed by atoms with E-state index in [1.807, 2.05) is 0 Å². The Morgan fingerprint density at radius 3 is 1.94 bits per heavy atom. The van der Waals surface area contributed by atoms with Crippen LogP contribution in [0.2, 0.25) is 19.6 Å². The van der Waals surface area contributed by atoms with Gasteiger partial charge in [-0.15, -0.1) is 0 Å². The number of unbranched alkanes of at least 4 members (excludes halogenated alkanes) is 6. The molecule has 0 saturated heterocycles. The lowest BCUT2D eigenvalue weighted by molar-refractivity contribution is 0.298. The van der Waals surface area contributed by atoms with Crippen LogP contribution in [0.15, 0.2) is 0 Å². The Labute approximate surface area is 129 Å². The number of halogens is 1. The zero-order chi connectivity index (χ0) is 13.4. The highest BCUT2D eigenvalue weighted by molar-refractivity contribution is 14.1. The summed E-state index contributed by atoms with van der Waals surface area (Å²) in [4.78, 5) is 0. The van der Waals surface area contributed by atoms with Crippen molar-refractivity contribution in [3.8, 4) is 0 Å². The molecule has 1 aliphatic carbocycles. The van der Waals surface area contributed by atoms with E-state index < -0.39 is 8.32 Å². The van der Waals surface area contributed by atoms with Crippen molar-refractivity contribution in [2.45, 2.75) is 81.4 Å². The number of hydrogen-bond acceptors (Lipinski definition) is 1. The Morgan fingerprint density at radius 1 is 0.944 bits per heavy atom. The molecule has 0 aromatic heterocycles. The van der Waals surface area contributed by atoms with Crippen molar-refractivity contribution in [3.05, 3.63) is 0 Å². The standard InChI is InChI=1S/C15H31IOSi/c1-18(2,3)17-12-10-8-6-4-5-7-9-11-14-13-15(14)16/h14-15H,4-13H2,1-3H3/t14-,15-/m0/s1. The maximum atomic E-state index is 5.86. The predicted octanol–water partition coefficient (Wildman–Crippen LogP) is 5.78. The van der Waals surface area contributed by atoms with E-state index in [4.69, 9.17) is 4.43 Å². The van der Waals surface area contributed by atoms with E-state index in [-0.39, 0.29) is 0 Å². The van der Waals surface area contributed by atoms with Gasteiger partial charge in [0.05, 0.1) is 0 Å². The van der Waals surface area contributed by atoms with Gasteiger partial charge in [0.15, 0.2) is 8.32 Å². The van der Waals surface area contributed by atoms with E-state index in [9.17, 15) is 0 Å². The molecule has 0 aliphatic heterocycles. The van der Waals surface area contributed by atoms with Gasteiger partial charge in [0, 0.05) is 10.5 Å². The summed E-state index contributed by atoms with van der Waals surface area (Å²) in [5, 5.41) is 0. The highest BCUT2D eigenvalue weighted by atomic mass is 127. The highest BCUT2D eigenvalue weighted by Gasteiger charge is 2.33. The molecule has 1 fully saturated rings. The lowest BCUT2D eigenvalue weighted by Gasteiger charge is -2.16. The third-order valence-electron chi connectivity index (χ3n) is 3.59. The molecule has 1 rings (SSSR count). The van der Waals surface area contributed by atoms with Gasteiger partial charge in [0.25, 0.3) is 0 Å². The van der Waals surface area contributed by atoms with Gasteiger partial charge < -0.3 is 4.43 Å². The van der Waals surface area contributed by atoms with E-state index in [1.54, 1.807) is 0 Å². The average molecular weight is 382 g/mol. The summed E-state index contributed by atoms with van der Waals surface area (Å²) in [5.74, 6) is 1.09. The summed E-state index contributed by atoms with van der Waals surface area (Å²) in [5.41, 5.74) is 0. The third kappa shape index (κ3) is 9.79. The summed E-state index contributed by atoms with van der Waals surface area (Å²) >= 11 is 2.60. The van der Waals surface area contributed by atoms with Crippen LogP contribution in [-0.2, 0) is 4.43 Å². The van der Waals surface area contributed by atoms with Crippen LogP contribution in [0.25, 0.3) is 0 Å². The van der Waals surface area contributed by atoms with Crippen LogP contribution in [0.1, 0.15) is 57.8 Å². The molecule has 0 radical (unpaired) electrons. The SMILES string of the molecule is C[Si](C)(C)OCCCCCCCCC[C@H]1C[C@@H]1I. The van der Waals surface area contributed by atoms with Gasteiger partial charge in [0.1, 0.15) is 0 Å². The van der Waals surface area contributed by atoms with E-state index in [2.05, 4.69) is 42.2 Å². The van der Waals surface area contributed by atoms with Gasteiger partial charge in [-0.2, -0.15) is 0 Å². The summed E-state index contributed by atoms with van der Waals surface area (Å²) < 4.78 is 6.88. The molecule has 18 heavy (non-hydrogen) atoms. The third-order valence-corrected chi connectivity index (χ3v) is 6.19. The topological polar surface area (TPSA) is 9.23 Å².